The molecule has 4 unspecified atom stereocenters. The highest BCUT2D eigenvalue weighted by atomic mass is 16.5. The van der Waals surface area contributed by atoms with Crippen LogP contribution in [0.4, 0.5) is 0 Å². The van der Waals surface area contributed by atoms with Crippen LogP contribution in [0.2, 0.25) is 0 Å². The van der Waals surface area contributed by atoms with Crippen LogP contribution in [0.1, 0.15) is 35.6 Å². The molecular weight excluding hydrogens is 432 g/mol. The molecule has 3 N–H and O–H groups in total. The molecule has 1 aliphatic rings. The second-order valence-electron chi connectivity index (χ2n) is 8.68. The van der Waals surface area contributed by atoms with Crippen molar-refractivity contribution in [2.45, 2.75) is 44.0 Å². The standard InChI is InChI=1S/C27H34N2O5/c1-3-9-21(27(33)28-24(18-34-2)26(32)19-10-5-4-6-11-19)15-25(31)29-16-22-13-8-7-12-20(22)14-23(29)17-30/h3-8,10-13,21,23-24,26,30,32H,1,9,14-18H2,2H3,(H,28,33). The fraction of sp³-hybridized carbons (Fsp3) is 0.407. The maximum Gasteiger partial charge on any atom is 0.224 e. The molecule has 0 bridgehead atoms. The molecule has 1 aliphatic heterocycles. The Bertz CT molecular complexity index is 965. The molecule has 4 atom stereocenters. The van der Waals surface area contributed by atoms with E-state index in [1.807, 2.05) is 42.5 Å². The Labute approximate surface area is 201 Å². The van der Waals surface area contributed by atoms with Crippen LogP contribution in [0.5, 0.6) is 0 Å². The summed E-state index contributed by atoms with van der Waals surface area (Å²) in [4.78, 5) is 28.1. The maximum absolute atomic E-state index is 13.3. The molecule has 0 spiro atoms. The zero-order valence-corrected chi connectivity index (χ0v) is 19.6. The highest BCUT2D eigenvalue weighted by molar-refractivity contribution is 5.86. The van der Waals surface area contributed by atoms with E-state index >= 15 is 0 Å². The molecule has 2 aromatic rings. The summed E-state index contributed by atoms with van der Waals surface area (Å²) in [6.07, 6.45) is 1.54. The molecule has 0 saturated heterocycles. The number of aliphatic hydroxyl groups is 2. The number of aliphatic hydroxyl groups excluding tert-OH is 2. The number of fused-ring (bicyclic) bond motifs is 1. The van der Waals surface area contributed by atoms with Gasteiger partial charge in [0.25, 0.3) is 0 Å². The zero-order valence-electron chi connectivity index (χ0n) is 19.6. The third-order valence-corrected chi connectivity index (χ3v) is 6.33. The molecule has 0 fully saturated rings. The lowest BCUT2D eigenvalue weighted by molar-refractivity contribution is -0.140. The Balaban J connectivity index is 1.71. The highest BCUT2D eigenvalue weighted by Crippen LogP contribution is 2.25. The molecule has 0 aromatic heterocycles. The van der Waals surface area contributed by atoms with Gasteiger partial charge in [-0.05, 0) is 29.5 Å². The molecule has 2 aromatic carbocycles. The number of allylic oxidation sites excluding steroid dienone is 1. The Morgan fingerprint density at radius 1 is 1.18 bits per heavy atom. The quantitative estimate of drug-likeness (QED) is 0.442. The first-order valence-corrected chi connectivity index (χ1v) is 11.6. The van der Waals surface area contributed by atoms with Gasteiger partial charge in [-0.15, -0.1) is 6.58 Å². The minimum atomic E-state index is -0.956. The number of nitrogens with zero attached hydrogens (tertiary/aromatic N) is 1. The van der Waals surface area contributed by atoms with Gasteiger partial charge in [0.2, 0.25) is 11.8 Å². The number of amides is 2. The van der Waals surface area contributed by atoms with Gasteiger partial charge in [0.15, 0.2) is 0 Å². The summed E-state index contributed by atoms with van der Waals surface area (Å²) < 4.78 is 5.23. The largest absolute Gasteiger partial charge is 0.394 e. The van der Waals surface area contributed by atoms with Crippen molar-refractivity contribution in [1.82, 2.24) is 10.2 Å². The fourth-order valence-corrected chi connectivity index (χ4v) is 4.43. The predicted molar refractivity (Wildman–Crippen MR) is 130 cm³/mol. The van der Waals surface area contributed by atoms with Crippen LogP contribution in [0.25, 0.3) is 0 Å². The number of hydrogen-bond donors (Lipinski definition) is 3. The van der Waals surface area contributed by atoms with Crippen LogP contribution in [0.3, 0.4) is 0 Å². The lowest BCUT2D eigenvalue weighted by atomic mass is 9.92. The number of rotatable bonds is 11. The van der Waals surface area contributed by atoms with E-state index in [0.717, 1.165) is 11.1 Å². The lowest BCUT2D eigenvalue weighted by Gasteiger charge is -2.36. The SMILES string of the molecule is C=CCC(CC(=O)N1Cc2ccccc2CC1CO)C(=O)NC(COC)C(O)c1ccccc1. The first kappa shape index (κ1) is 25.6. The molecule has 2 amide bonds. The molecule has 0 aliphatic carbocycles. The van der Waals surface area contributed by atoms with Crippen LogP contribution in [-0.4, -0.2) is 59.3 Å². The van der Waals surface area contributed by atoms with Gasteiger partial charge < -0.3 is 25.2 Å². The molecule has 1 heterocycles. The van der Waals surface area contributed by atoms with E-state index in [1.54, 1.807) is 23.1 Å². The minimum Gasteiger partial charge on any atom is -0.394 e. The molecule has 182 valence electrons. The monoisotopic (exact) mass is 466 g/mol. The third-order valence-electron chi connectivity index (χ3n) is 6.33. The average Bonchev–Trinajstić information content (AvgIpc) is 2.87. The van der Waals surface area contributed by atoms with Crippen LogP contribution in [0, 0.1) is 5.92 Å². The van der Waals surface area contributed by atoms with Gasteiger partial charge >= 0.3 is 0 Å². The molecule has 0 radical (unpaired) electrons. The van der Waals surface area contributed by atoms with E-state index in [1.165, 1.54) is 7.11 Å². The fourth-order valence-electron chi connectivity index (χ4n) is 4.43. The summed E-state index contributed by atoms with van der Waals surface area (Å²) >= 11 is 0. The molecule has 3 rings (SSSR count). The Morgan fingerprint density at radius 2 is 1.85 bits per heavy atom. The van der Waals surface area contributed by atoms with Crippen LogP contribution in [-0.2, 0) is 27.3 Å². The van der Waals surface area contributed by atoms with E-state index in [9.17, 15) is 19.8 Å². The van der Waals surface area contributed by atoms with Gasteiger partial charge in [-0.1, -0.05) is 60.7 Å². The predicted octanol–water partition coefficient (Wildman–Crippen LogP) is 2.38. The number of ether oxygens (including phenoxy) is 1. The highest BCUT2D eigenvalue weighted by Gasteiger charge is 2.33. The van der Waals surface area contributed by atoms with E-state index in [4.69, 9.17) is 4.74 Å². The average molecular weight is 467 g/mol. The van der Waals surface area contributed by atoms with Crippen molar-refractivity contribution in [3.8, 4) is 0 Å². The van der Waals surface area contributed by atoms with Crippen molar-refractivity contribution in [3.05, 3.63) is 83.9 Å². The summed E-state index contributed by atoms with van der Waals surface area (Å²) in [7, 11) is 1.50. The third kappa shape index (κ3) is 6.32. The topological polar surface area (TPSA) is 99.1 Å². The van der Waals surface area contributed by atoms with Crippen LogP contribution >= 0.6 is 0 Å². The normalized spacial score (nSPS) is 17.9. The number of methoxy groups -OCH3 is 1. The number of benzene rings is 2. The van der Waals surface area contributed by atoms with Gasteiger partial charge in [-0.3, -0.25) is 9.59 Å². The van der Waals surface area contributed by atoms with Gasteiger partial charge in [0.05, 0.1) is 31.2 Å². The zero-order chi connectivity index (χ0) is 24.5. The van der Waals surface area contributed by atoms with E-state index in [0.29, 0.717) is 24.9 Å². The van der Waals surface area contributed by atoms with Crippen molar-refractivity contribution in [2.24, 2.45) is 5.92 Å². The Kier molecular flexibility index (Phi) is 9.39. The molecule has 34 heavy (non-hydrogen) atoms. The van der Waals surface area contributed by atoms with Gasteiger partial charge in [-0.2, -0.15) is 0 Å². The molecular formula is C27H34N2O5. The first-order chi connectivity index (χ1) is 16.5. The Hall–Kier alpha value is -3.00. The number of carbonyl (C=O) groups excluding carboxylic acids is 2. The minimum absolute atomic E-state index is 0.0162. The lowest BCUT2D eigenvalue weighted by Crippen LogP contribution is -2.49. The summed E-state index contributed by atoms with van der Waals surface area (Å²) in [6, 6.07) is 15.9. The number of hydrogen-bond acceptors (Lipinski definition) is 5. The second kappa shape index (κ2) is 12.5. The van der Waals surface area contributed by atoms with Crippen molar-refractivity contribution in [3.63, 3.8) is 0 Å². The van der Waals surface area contributed by atoms with E-state index < -0.39 is 18.1 Å². The first-order valence-electron chi connectivity index (χ1n) is 11.6. The molecule has 0 saturated carbocycles. The summed E-state index contributed by atoms with van der Waals surface area (Å²) in [5.74, 6) is -1.19. The van der Waals surface area contributed by atoms with Crippen LogP contribution in [0.15, 0.2) is 67.3 Å². The molecule has 7 heteroatoms. The van der Waals surface area contributed by atoms with Crippen molar-refractivity contribution in [2.75, 3.05) is 20.3 Å². The summed E-state index contributed by atoms with van der Waals surface area (Å²) in [5.41, 5.74) is 2.85. The van der Waals surface area contributed by atoms with Gasteiger partial charge in [0, 0.05) is 20.1 Å². The summed E-state index contributed by atoms with van der Waals surface area (Å²) in [5, 5.41) is 23.6. The number of nitrogens with one attached hydrogen (secondary N) is 1. The summed E-state index contributed by atoms with van der Waals surface area (Å²) in [6.45, 7) is 4.12. The number of carbonyl (C=O) groups is 2. The maximum atomic E-state index is 13.3. The van der Waals surface area contributed by atoms with E-state index in [2.05, 4.69) is 11.9 Å². The van der Waals surface area contributed by atoms with Gasteiger partial charge in [-0.25, -0.2) is 0 Å². The van der Waals surface area contributed by atoms with Crippen molar-refractivity contribution in [1.29, 1.82) is 0 Å². The smallest absolute Gasteiger partial charge is 0.224 e. The second-order valence-corrected chi connectivity index (χ2v) is 8.68. The van der Waals surface area contributed by atoms with Crippen molar-refractivity contribution < 1.29 is 24.5 Å². The van der Waals surface area contributed by atoms with E-state index in [-0.39, 0.29) is 37.5 Å². The molecule has 7 nitrogen and oxygen atoms in total. The van der Waals surface area contributed by atoms with Gasteiger partial charge in [0.1, 0.15) is 6.10 Å². The Morgan fingerprint density at radius 3 is 2.50 bits per heavy atom. The van der Waals surface area contributed by atoms with Crippen LogP contribution < -0.4 is 5.32 Å². The van der Waals surface area contributed by atoms with Crippen molar-refractivity contribution >= 4 is 11.8 Å².